The predicted octanol–water partition coefficient (Wildman–Crippen LogP) is 6.26. The molecule has 32 heavy (non-hydrogen) atoms. The Morgan fingerprint density at radius 3 is 2.56 bits per heavy atom. The minimum Gasteiger partial charge on any atom is -0.490 e. The van der Waals surface area contributed by atoms with Gasteiger partial charge in [0.05, 0.1) is 24.2 Å². The van der Waals surface area contributed by atoms with Gasteiger partial charge in [0.25, 0.3) is 11.1 Å². The monoisotopic (exact) mass is 447 g/mol. The van der Waals surface area contributed by atoms with E-state index in [0.29, 0.717) is 23.0 Å². The van der Waals surface area contributed by atoms with Crippen LogP contribution in [0.5, 0.6) is 11.5 Å². The minimum atomic E-state index is -0.284. The SMILES string of the molecule is CCOc1cc(/C=C2/SC(=O)N(Cc3cccc4ccccc34)C2=O)ccc1OC(C)C. The highest BCUT2D eigenvalue weighted by atomic mass is 32.2. The lowest BCUT2D eigenvalue weighted by molar-refractivity contribution is -0.123. The van der Waals surface area contributed by atoms with E-state index in [-0.39, 0.29) is 23.8 Å². The summed E-state index contributed by atoms with van der Waals surface area (Å²) >= 11 is 0.962. The van der Waals surface area contributed by atoms with Crippen LogP contribution in [-0.2, 0) is 11.3 Å². The van der Waals surface area contributed by atoms with Crippen LogP contribution in [0, 0.1) is 0 Å². The molecule has 5 nitrogen and oxygen atoms in total. The Kier molecular flexibility index (Phi) is 6.51. The quantitative estimate of drug-likeness (QED) is 0.400. The Hall–Kier alpha value is -3.25. The molecule has 1 saturated heterocycles. The summed E-state index contributed by atoms with van der Waals surface area (Å²) in [7, 11) is 0. The molecule has 6 heteroatoms. The first-order valence-corrected chi connectivity index (χ1v) is 11.4. The van der Waals surface area contributed by atoms with Crippen molar-refractivity contribution in [1.29, 1.82) is 0 Å². The van der Waals surface area contributed by atoms with Crippen LogP contribution in [0.1, 0.15) is 31.9 Å². The van der Waals surface area contributed by atoms with Gasteiger partial charge in [0.1, 0.15) is 0 Å². The summed E-state index contributed by atoms with van der Waals surface area (Å²) in [5.74, 6) is 0.987. The Morgan fingerprint density at radius 1 is 1.00 bits per heavy atom. The van der Waals surface area contributed by atoms with E-state index >= 15 is 0 Å². The van der Waals surface area contributed by atoms with Crippen molar-refractivity contribution in [3.8, 4) is 11.5 Å². The number of nitrogens with zero attached hydrogens (tertiary/aromatic N) is 1. The molecule has 1 aliphatic rings. The number of hydrogen-bond donors (Lipinski definition) is 0. The summed E-state index contributed by atoms with van der Waals surface area (Å²) in [4.78, 5) is 27.4. The van der Waals surface area contributed by atoms with Crippen molar-refractivity contribution < 1.29 is 19.1 Å². The second-order valence-corrected chi connectivity index (χ2v) is 8.71. The van der Waals surface area contributed by atoms with Crippen LogP contribution >= 0.6 is 11.8 Å². The standard InChI is InChI=1S/C26H25NO4S/c1-4-30-23-14-18(12-13-22(23)31-17(2)3)15-24-25(28)27(26(29)32-24)16-20-10-7-9-19-8-5-6-11-21(19)20/h5-15,17H,4,16H2,1-3H3/b24-15+. The molecule has 3 aromatic carbocycles. The van der Waals surface area contributed by atoms with Crippen molar-refractivity contribution in [3.05, 3.63) is 76.7 Å². The minimum absolute atomic E-state index is 0.0191. The highest BCUT2D eigenvalue weighted by Crippen LogP contribution is 2.36. The fourth-order valence-electron chi connectivity index (χ4n) is 3.62. The molecule has 1 aliphatic heterocycles. The van der Waals surface area contributed by atoms with Gasteiger partial charge in [-0.2, -0.15) is 0 Å². The van der Waals surface area contributed by atoms with Crippen molar-refractivity contribution >= 4 is 39.8 Å². The summed E-state index contributed by atoms with van der Waals surface area (Å²) in [6, 6.07) is 19.4. The van der Waals surface area contributed by atoms with E-state index in [9.17, 15) is 9.59 Å². The third-order valence-corrected chi connectivity index (χ3v) is 5.92. The molecule has 3 aromatic rings. The van der Waals surface area contributed by atoms with E-state index in [4.69, 9.17) is 9.47 Å². The Morgan fingerprint density at radius 2 is 1.78 bits per heavy atom. The lowest BCUT2D eigenvalue weighted by Gasteiger charge is -2.15. The molecular formula is C26H25NO4S. The summed E-state index contributed by atoms with van der Waals surface area (Å²) in [6.45, 7) is 6.56. The van der Waals surface area contributed by atoms with Crippen molar-refractivity contribution in [1.82, 2.24) is 4.90 Å². The van der Waals surface area contributed by atoms with Gasteiger partial charge < -0.3 is 9.47 Å². The largest absolute Gasteiger partial charge is 0.490 e. The molecule has 0 unspecified atom stereocenters. The first-order chi connectivity index (χ1) is 15.5. The Labute approximate surface area is 192 Å². The molecule has 4 rings (SSSR count). The number of benzene rings is 3. The van der Waals surface area contributed by atoms with Crippen molar-refractivity contribution in [2.24, 2.45) is 0 Å². The van der Waals surface area contributed by atoms with Crippen LogP contribution in [0.25, 0.3) is 16.8 Å². The number of rotatable bonds is 7. The van der Waals surface area contributed by atoms with Crippen molar-refractivity contribution in [2.45, 2.75) is 33.4 Å². The third kappa shape index (κ3) is 4.65. The topological polar surface area (TPSA) is 55.8 Å². The molecule has 2 amide bonds. The number of amides is 2. The number of carbonyl (C=O) groups excluding carboxylic acids is 2. The summed E-state index contributed by atoms with van der Waals surface area (Å²) in [5, 5.41) is 1.86. The summed E-state index contributed by atoms with van der Waals surface area (Å²) in [6.07, 6.45) is 1.75. The van der Waals surface area contributed by atoms with E-state index in [1.165, 1.54) is 4.90 Å². The van der Waals surface area contributed by atoms with Gasteiger partial charge in [-0.05, 0) is 72.6 Å². The van der Waals surface area contributed by atoms with Crippen LogP contribution < -0.4 is 9.47 Å². The van der Waals surface area contributed by atoms with Crippen LogP contribution in [0.4, 0.5) is 4.79 Å². The lowest BCUT2D eigenvalue weighted by atomic mass is 10.0. The number of ether oxygens (including phenoxy) is 2. The van der Waals surface area contributed by atoms with Gasteiger partial charge in [-0.1, -0.05) is 48.5 Å². The first-order valence-electron chi connectivity index (χ1n) is 10.6. The fraction of sp³-hybridized carbons (Fsp3) is 0.231. The third-order valence-electron chi connectivity index (χ3n) is 5.01. The van der Waals surface area contributed by atoms with Crippen LogP contribution in [-0.4, -0.2) is 28.8 Å². The van der Waals surface area contributed by atoms with Gasteiger partial charge >= 0.3 is 0 Å². The molecule has 0 spiro atoms. The number of thioether (sulfide) groups is 1. The van der Waals surface area contributed by atoms with E-state index in [1.54, 1.807) is 6.08 Å². The molecular weight excluding hydrogens is 422 g/mol. The van der Waals surface area contributed by atoms with Crippen LogP contribution in [0.3, 0.4) is 0 Å². The van der Waals surface area contributed by atoms with Gasteiger partial charge in [0.2, 0.25) is 0 Å². The molecule has 0 radical (unpaired) electrons. The molecule has 164 valence electrons. The Bertz CT molecular complexity index is 1200. The zero-order valence-corrected chi connectivity index (χ0v) is 19.1. The molecule has 0 bridgehead atoms. The second kappa shape index (κ2) is 9.49. The number of hydrogen-bond acceptors (Lipinski definition) is 5. The molecule has 0 saturated carbocycles. The first kappa shape index (κ1) is 22.0. The fourth-order valence-corrected chi connectivity index (χ4v) is 4.46. The van der Waals surface area contributed by atoms with E-state index in [1.807, 2.05) is 81.4 Å². The predicted molar refractivity (Wildman–Crippen MR) is 129 cm³/mol. The lowest BCUT2D eigenvalue weighted by Crippen LogP contribution is -2.27. The normalized spacial score (nSPS) is 15.2. The molecule has 0 atom stereocenters. The average Bonchev–Trinajstić information content (AvgIpc) is 3.03. The van der Waals surface area contributed by atoms with E-state index in [2.05, 4.69) is 0 Å². The van der Waals surface area contributed by atoms with Crippen molar-refractivity contribution in [2.75, 3.05) is 6.61 Å². The summed E-state index contributed by atoms with van der Waals surface area (Å²) < 4.78 is 11.5. The van der Waals surface area contributed by atoms with Crippen LogP contribution in [0.15, 0.2) is 65.6 Å². The zero-order chi connectivity index (χ0) is 22.7. The molecule has 1 fully saturated rings. The number of imide groups is 1. The Balaban J connectivity index is 1.59. The maximum absolute atomic E-state index is 13.0. The van der Waals surface area contributed by atoms with Gasteiger partial charge in [-0.25, -0.2) is 0 Å². The molecule has 0 aromatic heterocycles. The smallest absolute Gasteiger partial charge is 0.293 e. The van der Waals surface area contributed by atoms with Gasteiger partial charge in [0, 0.05) is 0 Å². The molecule has 0 aliphatic carbocycles. The number of carbonyl (C=O) groups is 2. The van der Waals surface area contributed by atoms with Crippen LogP contribution in [0.2, 0.25) is 0 Å². The van der Waals surface area contributed by atoms with Gasteiger partial charge in [-0.3, -0.25) is 14.5 Å². The summed E-state index contributed by atoms with van der Waals surface area (Å²) in [5.41, 5.74) is 1.72. The molecule has 1 heterocycles. The molecule has 0 N–H and O–H groups in total. The second-order valence-electron chi connectivity index (χ2n) is 7.71. The zero-order valence-electron chi connectivity index (χ0n) is 18.3. The van der Waals surface area contributed by atoms with E-state index in [0.717, 1.165) is 33.7 Å². The highest BCUT2D eigenvalue weighted by molar-refractivity contribution is 8.18. The maximum atomic E-state index is 13.0. The van der Waals surface area contributed by atoms with Crippen molar-refractivity contribution in [3.63, 3.8) is 0 Å². The van der Waals surface area contributed by atoms with Gasteiger partial charge in [-0.15, -0.1) is 0 Å². The van der Waals surface area contributed by atoms with Gasteiger partial charge in [0.15, 0.2) is 11.5 Å². The average molecular weight is 448 g/mol. The number of fused-ring (bicyclic) bond motifs is 1. The highest BCUT2D eigenvalue weighted by Gasteiger charge is 2.35. The maximum Gasteiger partial charge on any atom is 0.293 e. The van der Waals surface area contributed by atoms with E-state index < -0.39 is 0 Å².